The summed E-state index contributed by atoms with van der Waals surface area (Å²) in [6.07, 6.45) is 0.919. The summed E-state index contributed by atoms with van der Waals surface area (Å²) in [5.74, 6) is 0. The molecule has 0 aromatic heterocycles. The van der Waals surface area contributed by atoms with Crippen molar-refractivity contribution in [1.82, 2.24) is 10.0 Å². The lowest BCUT2D eigenvalue weighted by atomic mass is 10.7. The Morgan fingerprint density at radius 3 is 2.30 bits per heavy atom. The Morgan fingerprint density at radius 2 is 2.00 bits per heavy atom. The average molecular weight is 166 g/mol. The molecule has 10 heavy (non-hydrogen) atoms. The molecule has 60 valence electrons. The Balaban J connectivity index is 3.82. The first kappa shape index (κ1) is 9.22. The fourth-order valence-electron chi connectivity index (χ4n) is 0.365. The molecule has 0 aromatic rings. The van der Waals surface area contributed by atoms with Crippen LogP contribution in [0.2, 0.25) is 0 Å². The third-order valence-corrected chi connectivity index (χ3v) is 1.17. The molecule has 0 aliphatic rings. The van der Waals surface area contributed by atoms with E-state index in [4.69, 9.17) is 0 Å². The fraction of sp³-hybridized carbons (Fsp3) is 0.750. The lowest BCUT2D eigenvalue weighted by molar-refractivity contribution is 0.246. The highest BCUT2D eigenvalue weighted by atomic mass is 32.2. The maximum absolute atomic E-state index is 10.5. The van der Waals surface area contributed by atoms with E-state index in [-0.39, 0.29) is 0 Å². The molecule has 0 saturated heterocycles. The maximum atomic E-state index is 10.5. The summed E-state index contributed by atoms with van der Waals surface area (Å²) >= 11 is 0. The summed E-state index contributed by atoms with van der Waals surface area (Å²) in [5.41, 5.74) is 0. The molecule has 2 N–H and O–H groups in total. The van der Waals surface area contributed by atoms with Gasteiger partial charge in [0.2, 0.25) is 10.0 Å². The second kappa shape index (κ2) is 3.40. The van der Waals surface area contributed by atoms with E-state index in [9.17, 15) is 13.2 Å². The van der Waals surface area contributed by atoms with E-state index in [0.29, 0.717) is 6.54 Å². The van der Waals surface area contributed by atoms with E-state index in [1.807, 2.05) is 0 Å². The van der Waals surface area contributed by atoms with Crippen LogP contribution in [0.1, 0.15) is 6.92 Å². The molecule has 0 aliphatic carbocycles. The van der Waals surface area contributed by atoms with E-state index in [0.717, 1.165) is 6.26 Å². The number of carbonyl (C=O) groups is 1. The number of rotatable bonds is 2. The van der Waals surface area contributed by atoms with Gasteiger partial charge in [0, 0.05) is 6.54 Å². The van der Waals surface area contributed by atoms with Crippen molar-refractivity contribution in [2.45, 2.75) is 6.92 Å². The van der Waals surface area contributed by atoms with Gasteiger partial charge in [-0.25, -0.2) is 17.9 Å². The largest absolute Gasteiger partial charge is 0.338 e. The number of urea groups is 1. The molecule has 0 aliphatic heterocycles. The Hall–Kier alpha value is -0.780. The van der Waals surface area contributed by atoms with Gasteiger partial charge >= 0.3 is 6.03 Å². The Bertz CT molecular complexity index is 209. The number of sulfonamides is 1. The van der Waals surface area contributed by atoms with E-state index < -0.39 is 16.1 Å². The Kier molecular flexibility index (Phi) is 3.14. The van der Waals surface area contributed by atoms with Crippen LogP contribution in [-0.4, -0.2) is 27.2 Å². The number of amides is 2. The van der Waals surface area contributed by atoms with Crippen molar-refractivity contribution < 1.29 is 13.2 Å². The predicted molar refractivity (Wildman–Crippen MR) is 37.1 cm³/mol. The van der Waals surface area contributed by atoms with E-state index in [2.05, 4.69) is 5.32 Å². The topological polar surface area (TPSA) is 75.3 Å². The molecule has 0 unspecified atom stereocenters. The summed E-state index contributed by atoms with van der Waals surface area (Å²) in [4.78, 5) is 10.5. The number of hydrogen-bond donors (Lipinski definition) is 2. The first-order valence-corrected chi connectivity index (χ1v) is 4.60. The van der Waals surface area contributed by atoms with Crippen LogP contribution < -0.4 is 10.0 Å². The van der Waals surface area contributed by atoms with Gasteiger partial charge in [-0.1, -0.05) is 0 Å². The Morgan fingerprint density at radius 1 is 1.50 bits per heavy atom. The molecular weight excluding hydrogens is 156 g/mol. The monoisotopic (exact) mass is 166 g/mol. The van der Waals surface area contributed by atoms with Crippen LogP contribution in [0.5, 0.6) is 0 Å². The molecule has 0 spiro atoms. The Labute approximate surface area is 59.9 Å². The molecular formula is C4H10N2O3S. The average Bonchev–Trinajstić information content (AvgIpc) is 1.59. The fourth-order valence-corrected chi connectivity index (χ4v) is 0.774. The summed E-state index contributed by atoms with van der Waals surface area (Å²) in [7, 11) is -3.41. The molecule has 0 heterocycles. The molecule has 0 saturated carbocycles. The van der Waals surface area contributed by atoms with Gasteiger partial charge in [0.05, 0.1) is 6.26 Å². The van der Waals surface area contributed by atoms with Crippen LogP contribution in [0.25, 0.3) is 0 Å². The first-order valence-electron chi connectivity index (χ1n) is 2.71. The van der Waals surface area contributed by atoms with Gasteiger partial charge < -0.3 is 5.32 Å². The molecule has 0 fully saturated rings. The van der Waals surface area contributed by atoms with E-state index in [1.54, 1.807) is 11.6 Å². The minimum atomic E-state index is -3.41. The third-order valence-electron chi connectivity index (χ3n) is 0.615. The quantitative estimate of drug-likeness (QED) is 0.567. The molecule has 0 aromatic carbocycles. The molecule has 5 nitrogen and oxygen atoms in total. The van der Waals surface area contributed by atoms with Crippen LogP contribution in [0.15, 0.2) is 0 Å². The highest BCUT2D eigenvalue weighted by molar-refractivity contribution is 7.89. The lowest BCUT2D eigenvalue weighted by Gasteiger charge is -2.01. The molecule has 0 atom stereocenters. The zero-order valence-electron chi connectivity index (χ0n) is 5.84. The highest BCUT2D eigenvalue weighted by Crippen LogP contribution is 1.72. The number of carbonyl (C=O) groups excluding carboxylic acids is 1. The standard InChI is InChI=1S/C4H10N2O3S/c1-3-5-4(7)6-10(2,8)9/h3H2,1-2H3,(H2,5,6,7). The maximum Gasteiger partial charge on any atom is 0.328 e. The molecule has 6 heteroatoms. The molecule has 0 rings (SSSR count). The van der Waals surface area contributed by atoms with Crippen molar-refractivity contribution in [1.29, 1.82) is 0 Å². The number of nitrogens with one attached hydrogen (secondary N) is 2. The van der Waals surface area contributed by atoms with E-state index >= 15 is 0 Å². The minimum Gasteiger partial charge on any atom is -0.338 e. The summed E-state index contributed by atoms with van der Waals surface area (Å²) in [6.45, 7) is 2.10. The normalized spacial score (nSPS) is 10.6. The second-order valence-electron chi connectivity index (χ2n) is 1.73. The summed E-state index contributed by atoms with van der Waals surface area (Å²) in [5, 5.41) is 2.27. The molecule has 0 bridgehead atoms. The zero-order valence-corrected chi connectivity index (χ0v) is 6.66. The van der Waals surface area contributed by atoms with Crippen LogP contribution in [0.4, 0.5) is 4.79 Å². The van der Waals surface area contributed by atoms with Crippen LogP contribution >= 0.6 is 0 Å². The van der Waals surface area contributed by atoms with Crippen molar-refractivity contribution in [3.05, 3.63) is 0 Å². The van der Waals surface area contributed by atoms with Crippen molar-refractivity contribution >= 4 is 16.1 Å². The van der Waals surface area contributed by atoms with Crippen molar-refractivity contribution in [3.63, 3.8) is 0 Å². The van der Waals surface area contributed by atoms with Gasteiger partial charge in [0.1, 0.15) is 0 Å². The first-order chi connectivity index (χ1) is 4.45. The van der Waals surface area contributed by atoms with E-state index in [1.165, 1.54) is 0 Å². The number of hydrogen-bond acceptors (Lipinski definition) is 3. The summed E-state index contributed by atoms with van der Waals surface area (Å²) in [6, 6.07) is -0.690. The SMILES string of the molecule is CCNC(=O)NS(C)(=O)=O. The molecule has 0 radical (unpaired) electrons. The second-order valence-corrected chi connectivity index (χ2v) is 3.48. The van der Waals surface area contributed by atoms with Gasteiger partial charge in [-0.2, -0.15) is 0 Å². The highest BCUT2D eigenvalue weighted by Gasteiger charge is 2.04. The van der Waals surface area contributed by atoms with Gasteiger partial charge in [-0.05, 0) is 6.92 Å². The van der Waals surface area contributed by atoms with Crippen molar-refractivity contribution in [2.75, 3.05) is 12.8 Å². The van der Waals surface area contributed by atoms with Gasteiger partial charge in [-0.15, -0.1) is 0 Å². The van der Waals surface area contributed by atoms with Gasteiger partial charge in [0.25, 0.3) is 0 Å². The van der Waals surface area contributed by atoms with Gasteiger partial charge in [-0.3, -0.25) is 0 Å². The molecule has 2 amide bonds. The summed E-state index contributed by atoms with van der Waals surface area (Å²) < 4.78 is 22.4. The smallest absolute Gasteiger partial charge is 0.328 e. The van der Waals surface area contributed by atoms with Crippen LogP contribution in [-0.2, 0) is 10.0 Å². The van der Waals surface area contributed by atoms with Crippen LogP contribution in [0.3, 0.4) is 0 Å². The van der Waals surface area contributed by atoms with Crippen molar-refractivity contribution in [2.24, 2.45) is 0 Å². The zero-order chi connectivity index (χ0) is 8.20. The predicted octanol–water partition coefficient (Wildman–Crippen LogP) is -0.735. The minimum absolute atomic E-state index is 0.404. The van der Waals surface area contributed by atoms with Crippen LogP contribution in [0, 0.1) is 0 Å². The van der Waals surface area contributed by atoms with Gasteiger partial charge in [0.15, 0.2) is 0 Å². The lowest BCUT2D eigenvalue weighted by Crippen LogP contribution is -2.38. The third kappa shape index (κ3) is 5.36. The van der Waals surface area contributed by atoms with Crippen molar-refractivity contribution in [3.8, 4) is 0 Å².